The van der Waals surface area contributed by atoms with Gasteiger partial charge in [0.05, 0.1) is 0 Å². The van der Waals surface area contributed by atoms with Crippen LogP contribution in [0.2, 0.25) is 0 Å². The predicted molar refractivity (Wildman–Crippen MR) is 92.7 cm³/mol. The SMILES string of the molecule is C#Cc1cccc(C=CCCNC(=O)OCc2ccccc2)c1. The van der Waals surface area contributed by atoms with Crippen molar-refractivity contribution in [1.29, 1.82) is 0 Å². The van der Waals surface area contributed by atoms with Crippen molar-refractivity contribution >= 4 is 12.2 Å². The van der Waals surface area contributed by atoms with E-state index in [-0.39, 0.29) is 6.61 Å². The summed E-state index contributed by atoms with van der Waals surface area (Å²) < 4.78 is 5.13. The van der Waals surface area contributed by atoms with Gasteiger partial charge in [0, 0.05) is 12.1 Å². The maximum Gasteiger partial charge on any atom is 0.407 e. The first-order valence-corrected chi connectivity index (χ1v) is 7.46. The molecule has 0 bridgehead atoms. The van der Waals surface area contributed by atoms with Crippen LogP contribution in [0, 0.1) is 12.3 Å². The summed E-state index contributed by atoms with van der Waals surface area (Å²) in [4.78, 5) is 11.6. The van der Waals surface area contributed by atoms with Crippen LogP contribution in [0.4, 0.5) is 4.79 Å². The highest BCUT2D eigenvalue weighted by Crippen LogP contribution is 2.06. The number of carbonyl (C=O) groups excluding carboxylic acids is 1. The summed E-state index contributed by atoms with van der Waals surface area (Å²) in [6.07, 6.45) is 9.66. The van der Waals surface area contributed by atoms with Crippen molar-refractivity contribution in [2.45, 2.75) is 13.0 Å². The zero-order valence-electron chi connectivity index (χ0n) is 12.9. The molecular weight excluding hydrogens is 286 g/mol. The van der Waals surface area contributed by atoms with Gasteiger partial charge in [-0.1, -0.05) is 60.5 Å². The number of nitrogens with one attached hydrogen (secondary N) is 1. The van der Waals surface area contributed by atoms with E-state index in [0.717, 1.165) is 23.1 Å². The Labute approximate surface area is 137 Å². The topological polar surface area (TPSA) is 38.3 Å². The first kappa shape index (κ1) is 16.4. The van der Waals surface area contributed by atoms with E-state index in [1.807, 2.05) is 66.7 Å². The molecule has 0 aromatic heterocycles. The predicted octanol–water partition coefficient (Wildman–Crippen LogP) is 4.00. The molecule has 2 aromatic rings. The molecule has 0 aliphatic heterocycles. The van der Waals surface area contributed by atoms with Gasteiger partial charge in [0.2, 0.25) is 0 Å². The number of terminal acetylenes is 1. The van der Waals surface area contributed by atoms with E-state index in [9.17, 15) is 4.79 Å². The summed E-state index contributed by atoms with van der Waals surface area (Å²) in [5, 5.41) is 2.72. The number of hydrogen-bond acceptors (Lipinski definition) is 2. The molecule has 2 aromatic carbocycles. The molecule has 0 aliphatic carbocycles. The quantitative estimate of drug-likeness (QED) is 0.647. The van der Waals surface area contributed by atoms with Crippen LogP contribution in [0.3, 0.4) is 0 Å². The van der Waals surface area contributed by atoms with Crippen LogP contribution >= 0.6 is 0 Å². The van der Waals surface area contributed by atoms with E-state index in [0.29, 0.717) is 6.54 Å². The smallest absolute Gasteiger partial charge is 0.407 e. The maximum absolute atomic E-state index is 11.6. The molecule has 0 radical (unpaired) electrons. The molecular formula is C20H19NO2. The summed E-state index contributed by atoms with van der Waals surface area (Å²) in [5.74, 6) is 2.60. The molecule has 0 atom stereocenters. The summed E-state index contributed by atoms with van der Waals surface area (Å²) in [6.45, 7) is 0.806. The molecule has 0 fully saturated rings. The minimum atomic E-state index is -0.406. The largest absolute Gasteiger partial charge is 0.445 e. The second kappa shape index (κ2) is 9.11. The number of ether oxygens (including phenoxy) is 1. The van der Waals surface area contributed by atoms with Crippen LogP contribution in [-0.4, -0.2) is 12.6 Å². The lowest BCUT2D eigenvalue weighted by Crippen LogP contribution is -2.24. The molecule has 0 unspecified atom stereocenters. The van der Waals surface area contributed by atoms with Crippen molar-refractivity contribution in [2.24, 2.45) is 0 Å². The lowest BCUT2D eigenvalue weighted by atomic mass is 10.1. The van der Waals surface area contributed by atoms with Crippen molar-refractivity contribution < 1.29 is 9.53 Å². The minimum Gasteiger partial charge on any atom is -0.445 e. The Kier molecular flexibility index (Phi) is 6.49. The number of rotatable bonds is 6. The number of alkyl carbamates (subject to hydrolysis) is 1. The number of carbonyl (C=O) groups is 1. The molecule has 1 N–H and O–H groups in total. The summed E-state index contributed by atoms with van der Waals surface area (Å²) >= 11 is 0. The normalized spacial score (nSPS) is 10.2. The van der Waals surface area contributed by atoms with E-state index in [1.54, 1.807) is 0 Å². The van der Waals surface area contributed by atoms with Gasteiger partial charge in [0.25, 0.3) is 0 Å². The highest BCUT2D eigenvalue weighted by Gasteiger charge is 2.00. The summed E-state index contributed by atoms with van der Waals surface area (Å²) in [7, 11) is 0. The fourth-order valence-electron chi connectivity index (χ4n) is 1.98. The second-order valence-corrected chi connectivity index (χ2v) is 4.95. The van der Waals surface area contributed by atoms with Gasteiger partial charge in [-0.05, 0) is 29.7 Å². The third-order valence-corrected chi connectivity index (χ3v) is 3.16. The lowest BCUT2D eigenvalue weighted by molar-refractivity contribution is 0.140. The molecule has 23 heavy (non-hydrogen) atoms. The molecule has 0 heterocycles. The Balaban J connectivity index is 1.65. The molecule has 0 saturated heterocycles. The first-order valence-electron chi connectivity index (χ1n) is 7.46. The maximum atomic E-state index is 11.6. The average molecular weight is 305 g/mol. The highest BCUT2D eigenvalue weighted by atomic mass is 16.5. The van der Waals surface area contributed by atoms with Crippen molar-refractivity contribution in [3.63, 3.8) is 0 Å². The Hall–Kier alpha value is -2.99. The number of amides is 1. The second-order valence-electron chi connectivity index (χ2n) is 4.95. The van der Waals surface area contributed by atoms with Crippen molar-refractivity contribution in [2.75, 3.05) is 6.54 Å². The highest BCUT2D eigenvalue weighted by molar-refractivity contribution is 5.67. The van der Waals surface area contributed by atoms with Crippen molar-refractivity contribution in [3.8, 4) is 12.3 Å². The van der Waals surface area contributed by atoms with Gasteiger partial charge in [0.15, 0.2) is 0 Å². The van der Waals surface area contributed by atoms with E-state index in [2.05, 4.69) is 11.2 Å². The van der Waals surface area contributed by atoms with E-state index < -0.39 is 6.09 Å². The van der Waals surface area contributed by atoms with Crippen LogP contribution in [0.1, 0.15) is 23.1 Å². The average Bonchev–Trinajstić information content (AvgIpc) is 2.61. The van der Waals surface area contributed by atoms with Gasteiger partial charge >= 0.3 is 6.09 Å². The van der Waals surface area contributed by atoms with Gasteiger partial charge in [-0.25, -0.2) is 4.79 Å². The van der Waals surface area contributed by atoms with E-state index >= 15 is 0 Å². The third-order valence-electron chi connectivity index (χ3n) is 3.16. The molecule has 0 spiro atoms. The van der Waals surface area contributed by atoms with Gasteiger partial charge < -0.3 is 10.1 Å². The minimum absolute atomic E-state index is 0.279. The Morgan fingerprint density at radius 1 is 1.17 bits per heavy atom. The Morgan fingerprint density at radius 2 is 2.00 bits per heavy atom. The molecule has 2 rings (SSSR count). The summed E-state index contributed by atoms with van der Waals surface area (Å²) in [6, 6.07) is 17.3. The van der Waals surface area contributed by atoms with Gasteiger partial charge in [-0.3, -0.25) is 0 Å². The van der Waals surface area contributed by atoms with Crippen molar-refractivity contribution in [3.05, 3.63) is 77.4 Å². The zero-order valence-corrected chi connectivity index (χ0v) is 12.9. The fourth-order valence-corrected chi connectivity index (χ4v) is 1.98. The van der Waals surface area contributed by atoms with Crippen LogP contribution in [0.15, 0.2) is 60.7 Å². The summed E-state index contributed by atoms with van der Waals surface area (Å²) in [5.41, 5.74) is 2.87. The van der Waals surface area contributed by atoms with Gasteiger partial charge in [0.1, 0.15) is 6.61 Å². The van der Waals surface area contributed by atoms with Crippen LogP contribution < -0.4 is 5.32 Å². The molecule has 0 aliphatic rings. The number of benzene rings is 2. The Morgan fingerprint density at radius 3 is 2.78 bits per heavy atom. The monoisotopic (exact) mass is 305 g/mol. The van der Waals surface area contributed by atoms with Gasteiger partial charge in [-0.15, -0.1) is 6.42 Å². The molecule has 3 nitrogen and oxygen atoms in total. The first-order chi connectivity index (χ1) is 11.3. The van der Waals surface area contributed by atoms with Crippen LogP contribution in [0.25, 0.3) is 6.08 Å². The molecule has 1 amide bonds. The van der Waals surface area contributed by atoms with Crippen LogP contribution in [-0.2, 0) is 11.3 Å². The lowest BCUT2D eigenvalue weighted by Gasteiger charge is -2.05. The van der Waals surface area contributed by atoms with E-state index in [1.165, 1.54) is 0 Å². The van der Waals surface area contributed by atoms with Crippen molar-refractivity contribution in [1.82, 2.24) is 5.32 Å². The molecule has 0 saturated carbocycles. The number of hydrogen-bond donors (Lipinski definition) is 1. The van der Waals surface area contributed by atoms with Gasteiger partial charge in [-0.2, -0.15) is 0 Å². The standard InChI is InChI=1S/C20H19NO2/c1-2-17-12-8-13-18(15-17)9-6-7-14-21-20(22)23-16-19-10-4-3-5-11-19/h1,3-6,8-13,15H,7,14,16H2,(H,21,22). The third kappa shape index (κ3) is 6.11. The Bertz CT molecular complexity index is 699. The van der Waals surface area contributed by atoms with E-state index in [4.69, 9.17) is 11.2 Å². The van der Waals surface area contributed by atoms with Crippen LogP contribution in [0.5, 0.6) is 0 Å². The fraction of sp³-hybridized carbons (Fsp3) is 0.150. The molecule has 3 heteroatoms. The zero-order chi connectivity index (χ0) is 16.3. The molecule has 116 valence electrons.